The Morgan fingerprint density at radius 1 is 1.11 bits per heavy atom. The highest BCUT2D eigenvalue weighted by molar-refractivity contribution is 6.30. The average molecular weight is 507 g/mol. The van der Waals surface area contributed by atoms with Crippen molar-refractivity contribution in [1.29, 1.82) is 0 Å². The van der Waals surface area contributed by atoms with Gasteiger partial charge in [-0.05, 0) is 55.2 Å². The van der Waals surface area contributed by atoms with Gasteiger partial charge in [-0.25, -0.2) is 0 Å². The molecule has 3 rings (SSSR count). The van der Waals surface area contributed by atoms with Gasteiger partial charge in [-0.1, -0.05) is 29.8 Å². The number of benzene rings is 2. The number of aliphatic hydroxyl groups excluding tert-OH is 1. The molecule has 9 heteroatoms. The second-order valence-electron chi connectivity index (χ2n) is 8.58. The molecular weight excluding hydrogens is 472 g/mol. The number of ether oxygens (including phenoxy) is 4. The molecule has 2 N–H and O–H groups in total. The van der Waals surface area contributed by atoms with Crippen LogP contribution in [0.4, 0.5) is 0 Å². The second-order valence-corrected chi connectivity index (χ2v) is 9.01. The predicted molar refractivity (Wildman–Crippen MR) is 134 cm³/mol. The van der Waals surface area contributed by atoms with Crippen LogP contribution in [-0.2, 0) is 20.7 Å². The van der Waals surface area contributed by atoms with Crippen LogP contribution < -0.4 is 14.8 Å². The topological polar surface area (TPSA) is 89.5 Å². The van der Waals surface area contributed by atoms with Crippen LogP contribution in [0.2, 0.25) is 5.02 Å². The Morgan fingerprint density at radius 3 is 2.51 bits per heavy atom. The number of hydrogen-bond acceptors (Lipinski definition) is 7. The van der Waals surface area contributed by atoms with Crippen LogP contribution in [0.25, 0.3) is 0 Å². The van der Waals surface area contributed by atoms with Gasteiger partial charge in [0.15, 0.2) is 11.5 Å². The summed E-state index contributed by atoms with van der Waals surface area (Å²) in [5.41, 5.74) is 1.88. The van der Waals surface area contributed by atoms with Gasteiger partial charge in [-0.3, -0.25) is 4.79 Å². The molecule has 1 aliphatic rings. The summed E-state index contributed by atoms with van der Waals surface area (Å²) < 4.78 is 21.8. The number of halogens is 1. The summed E-state index contributed by atoms with van der Waals surface area (Å²) >= 11 is 6.01. The van der Waals surface area contributed by atoms with E-state index in [-0.39, 0.29) is 11.9 Å². The monoisotopic (exact) mass is 506 g/mol. The summed E-state index contributed by atoms with van der Waals surface area (Å²) in [4.78, 5) is 14.5. The molecule has 0 saturated carbocycles. The van der Waals surface area contributed by atoms with Gasteiger partial charge in [0.1, 0.15) is 0 Å². The minimum atomic E-state index is -1.01. The van der Waals surface area contributed by atoms with E-state index in [1.807, 2.05) is 30.3 Å². The maximum absolute atomic E-state index is 12.9. The van der Waals surface area contributed by atoms with Gasteiger partial charge in [-0.2, -0.15) is 0 Å². The van der Waals surface area contributed by atoms with Crippen molar-refractivity contribution in [3.63, 3.8) is 0 Å². The smallest absolute Gasteiger partial charge is 0.321 e. The van der Waals surface area contributed by atoms with Crippen molar-refractivity contribution in [3.05, 3.63) is 58.6 Å². The van der Waals surface area contributed by atoms with Crippen molar-refractivity contribution in [1.82, 2.24) is 10.2 Å². The van der Waals surface area contributed by atoms with Crippen LogP contribution in [0, 0.1) is 0 Å². The maximum atomic E-state index is 12.9. The van der Waals surface area contributed by atoms with Crippen LogP contribution in [0.1, 0.15) is 30.6 Å². The molecule has 3 atom stereocenters. The Bertz CT molecular complexity index is 951. The van der Waals surface area contributed by atoms with Gasteiger partial charge >= 0.3 is 12.2 Å². The number of aryl methyl sites for hydroxylation is 1. The van der Waals surface area contributed by atoms with E-state index in [0.29, 0.717) is 49.4 Å². The van der Waals surface area contributed by atoms with E-state index >= 15 is 0 Å². The minimum Gasteiger partial charge on any atom is -0.442 e. The maximum Gasteiger partial charge on any atom is 0.321 e. The molecule has 8 nitrogen and oxygen atoms in total. The van der Waals surface area contributed by atoms with E-state index in [4.69, 9.17) is 30.5 Å². The van der Waals surface area contributed by atoms with E-state index in [0.717, 1.165) is 24.0 Å². The Balaban J connectivity index is 1.48. The fourth-order valence-corrected chi connectivity index (χ4v) is 3.97. The largest absolute Gasteiger partial charge is 0.442 e. The molecule has 0 fully saturated rings. The molecule has 1 heterocycles. The third-order valence-corrected chi connectivity index (χ3v) is 6.11. The number of carbonyl (C=O) groups excluding carboxylic acids is 1. The highest BCUT2D eigenvalue weighted by Crippen LogP contribution is 2.36. The number of methoxy groups -OCH3 is 2. The first kappa shape index (κ1) is 27.2. The summed E-state index contributed by atoms with van der Waals surface area (Å²) in [6.07, 6.45) is 0.0438. The predicted octanol–water partition coefficient (Wildman–Crippen LogP) is 3.20. The van der Waals surface area contributed by atoms with Crippen LogP contribution in [-0.4, -0.2) is 75.3 Å². The molecule has 2 aromatic carbocycles. The van der Waals surface area contributed by atoms with Gasteiger partial charge in [0.05, 0.1) is 19.3 Å². The molecule has 0 saturated heterocycles. The molecule has 0 radical (unpaired) electrons. The molecule has 192 valence electrons. The van der Waals surface area contributed by atoms with Crippen molar-refractivity contribution >= 4 is 17.5 Å². The number of rotatable bonds is 14. The summed E-state index contributed by atoms with van der Waals surface area (Å²) in [6, 6.07) is 13.2. The lowest BCUT2D eigenvalue weighted by Gasteiger charge is -2.24. The first-order chi connectivity index (χ1) is 16.9. The number of fused-ring (bicyclic) bond motifs is 1. The molecule has 0 aromatic heterocycles. The highest BCUT2D eigenvalue weighted by atomic mass is 35.5. The van der Waals surface area contributed by atoms with Gasteiger partial charge in [0.2, 0.25) is 0 Å². The lowest BCUT2D eigenvalue weighted by molar-refractivity contribution is -0.149. The lowest BCUT2D eigenvalue weighted by atomic mass is 10.0. The van der Waals surface area contributed by atoms with Crippen molar-refractivity contribution in [2.75, 3.05) is 47.1 Å². The zero-order valence-corrected chi connectivity index (χ0v) is 21.3. The van der Waals surface area contributed by atoms with Crippen molar-refractivity contribution < 1.29 is 28.8 Å². The van der Waals surface area contributed by atoms with E-state index in [2.05, 4.69) is 12.2 Å². The van der Waals surface area contributed by atoms with Gasteiger partial charge in [0.25, 0.3) is 0 Å². The Hall–Kier alpha value is -2.36. The zero-order chi connectivity index (χ0) is 25.2. The molecular formula is C26H35ClN2O6. The van der Waals surface area contributed by atoms with Crippen LogP contribution in [0.5, 0.6) is 11.5 Å². The van der Waals surface area contributed by atoms with E-state index < -0.39 is 12.4 Å². The van der Waals surface area contributed by atoms with E-state index in [9.17, 15) is 9.90 Å². The Morgan fingerprint density at radius 2 is 1.83 bits per heavy atom. The van der Waals surface area contributed by atoms with Crippen LogP contribution >= 0.6 is 11.6 Å². The van der Waals surface area contributed by atoms with Crippen molar-refractivity contribution in [2.45, 2.75) is 38.2 Å². The molecule has 35 heavy (non-hydrogen) atoms. The molecule has 1 unspecified atom stereocenters. The molecule has 0 spiro atoms. The standard InChI is InChI=1S/C26H35ClN2O6/c1-18(28-17-22(30)20-5-4-6-21(27)16-20)7-8-19-9-10-23-24(15-19)35-26(34-23)25(31)29(11-13-32-2)12-14-33-3/h4-6,9-10,15-16,18,22,26,28,30H,7-8,11-14,17H2,1-3H3/t18-,22+,26?/m1/s1. The number of amides is 1. The summed E-state index contributed by atoms with van der Waals surface area (Å²) in [7, 11) is 3.19. The fraction of sp³-hybridized carbons (Fsp3) is 0.500. The third kappa shape index (κ3) is 8.08. The number of nitrogens with zero attached hydrogens (tertiary/aromatic N) is 1. The Labute approximate surface area is 212 Å². The number of carbonyl (C=O) groups is 1. The second kappa shape index (κ2) is 13.7. The van der Waals surface area contributed by atoms with Crippen molar-refractivity contribution in [2.24, 2.45) is 0 Å². The number of hydrogen-bond donors (Lipinski definition) is 2. The Kier molecular flexibility index (Phi) is 10.6. The van der Waals surface area contributed by atoms with Gasteiger partial charge in [0, 0.05) is 44.9 Å². The molecule has 1 amide bonds. The quantitative estimate of drug-likeness (QED) is 0.406. The van der Waals surface area contributed by atoms with E-state index in [1.165, 1.54) is 0 Å². The average Bonchev–Trinajstić information content (AvgIpc) is 3.29. The van der Waals surface area contributed by atoms with Crippen LogP contribution in [0.3, 0.4) is 0 Å². The number of aliphatic hydroxyl groups is 1. The molecule has 1 aliphatic heterocycles. The minimum absolute atomic E-state index is 0.193. The normalized spacial score (nSPS) is 16.2. The van der Waals surface area contributed by atoms with Crippen LogP contribution in [0.15, 0.2) is 42.5 Å². The molecule has 2 aromatic rings. The molecule has 0 aliphatic carbocycles. The first-order valence-corrected chi connectivity index (χ1v) is 12.2. The summed E-state index contributed by atoms with van der Waals surface area (Å²) in [6.45, 7) is 4.22. The van der Waals surface area contributed by atoms with Gasteiger partial charge < -0.3 is 34.3 Å². The van der Waals surface area contributed by atoms with E-state index in [1.54, 1.807) is 31.3 Å². The van der Waals surface area contributed by atoms with Crippen molar-refractivity contribution in [3.8, 4) is 11.5 Å². The number of nitrogens with one attached hydrogen (secondary N) is 1. The SMILES string of the molecule is COCCN(CCOC)C(=O)C1Oc2ccc(CC[C@@H](C)NC[C@H](O)c3cccc(Cl)c3)cc2O1. The highest BCUT2D eigenvalue weighted by Gasteiger charge is 2.34. The zero-order valence-electron chi connectivity index (χ0n) is 20.5. The first-order valence-electron chi connectivity index (χ1n) is 11.8. The summed E-state index contributed by atoms with van der Waals surface area (Å²) in [5, 5.41) is 14.4. The third-order valence-electron chi connectivity index (χ3n) is 5.88. The fourth-order valence-electron chi connectivity index (χ4n) is 3.77. The summed E-state index contributed by atoms with van der Waals surface area (Å²) in [5.74, 6) is 0.866. The molecule has 0 bridgehead atoms. The van der Waals surface area contributed by atoms with Gasteiger partial charge in [-0.15, -0.1) is 0 Å². The lowest BCUT2D eigenvalue weighted by Crippen LogP contribution is -2.45.